The molecular weight excluding hydrogens is 196 g/mol. The van der Waals surface area contributed by atoms with E-state index in [-0.39, 0.29) is 11.5 Å². The lowest BCUT2D eigenvalue weighted by Gasteiger charge is -2.44. The van der Waals surface area contributed by atoms with E-state index in [0.717, 1.165) is 12.8 Å². The number of allylic oxidation sites excluding steroid dienone is 1. The average Bonchev–Trinajstić information content (AvgIpc) is 2.46. The SMILES string of the molecule is CC1C=C([C@@]2(C)CCCC2(C)C)C(O)CC1. The van der Waals surface area contributed by atoms with Crippen LogP contribution in [-0.4, -0.2) is 11.2 Å². The molecule has 0 aromatic rings. The molecule has 16 heavy (non-hydrogen) atoms. The van der Waals surface area contributed by atoms with Crippen molar-refractivity contribution in [3.63, 3.8) is 0 Å². The zero-order chi connectivity index (χ0) is 12.0. The van der Waals surface area contributed by atoms with Gasteiger partial charge in [0.1, 0.15) is 0 Å². The van der Waals surface area contributed by atoms with Crippen molar-refractivity contribution in [2.75, 3.05) is 0 Å². The summed E-state index contributed by atoms with van der Waals surface area (Å²) in [5.74, 6) is 0.645. The Morgan fingerprint density at radius 3 is 2.44 bits per heavy atom. The van der Waals surface area contributed by atoms with Gasteiger partial charge >= 0.3 is 0 Å². The summed E-state index contributed by atoms with van der Waals surface area (Å²) in [4.78, 5) is 0. The van der Waals surface area contributed by atoms with Gasteiger partial charge in [0, 0.05) is 0 Å². The highest BCUT2D eigenvalue weighted by Gasteiger charge is 2.49. The van der Waals surface area contributed by atoms with Crippen molar-refractivity contribution in [2.45, 2.75) is 65.9 Å². The van der Waals surface area contributed by atoms with Gasteiger partial charge in [-0.15, -0.1) is 0 Å². The molecule has 2 aliphatic rings. The minimum atomic E-state index is -0.182. The van der Waals surface area contributed by atoms with Crippen LogP contribution in [0.3, 0.4) is 0 Å². The highest BCUT2D eigenvalue weighted by Crippen LogP contribution is 2.58. The van der Waals surface area contributed by atoms with E-state index in [1.165, 1.54) is 24.8 Å². The Morgan fingerprint density at radius 1 is 1.19 bits per heavy atom. The third-order valence-corrected chi connectivity index (χ3v) is 5.33. The Hall–Kier alpha value is -0.300. The molecule has 0 aromatic carbocycles. The van der Waals surface area contributed by atoms with Crippen LogP contribution in [0, 0.1) is 16.7 Å². The monoisotopic (exact) mass is 222 g/mol. The van der Waals surface area contributed by atoms with Crippen LogP contribution in [-0.2, 0) is 0 Å². The standard InChI is InChI=1S/C15H26O/c1-11-6-7-13(16)12(10-11)15(4)9-5-8-14(15,2)3/h10-11,13,16H,5-9H2,1-4H3/t11?,13?,15-/m1/s1. The van der Waals surface area contributed by atoms with Crippen molar-refractivity contribution < 1.29 is 5.11 Å². The smallest absolute Gasteiger partial charge is 0.0755 e. The predicted octanol–water partition coefficient (Wildman–Crippen LogP) is 3.92. The van der Waals surface area contributed by atoms with E-state index >= 15 is 0 Å². The molecule has 1 fully saturated rings. The highest BCUT2D eigenvalue weighted by molar-refractivity contribution is 5.26. The molecule has 3 atom stereocenters. The molecule has 2 rings (SSSR count). The quantitative estimate of drug-likeness (QED) is 0.667. The van der Waals surface area contributed by atoms with Gasteiger partial charge in [0.25, 0.3) is 0 Å². The molecule has 2 aliphatic carbocycles. The molecular formula is C15H26O. The molecule has 92 valence electrons. The molecule has 1 N–H and O–H groups in total. The third-order valence-electron chi connectivity index (χ3n) is 5.33. The Labute approximate surface area is 99.9 Å². The minimum Gasteiger partial charge on any atom is -0.389 e. The van der Waals surface area contributed by atoms with E-state index < -0.39 is 0 Å². The molecule has 0 amide bonds. The number of hydrogen-bond acceptors (Lipinski definition) is 1. The molecule has 0 spiro atoms. The molecule has 0 saturated heterocycles. The van der Waals surface area contributed by atoms with Crippen LogP contribution in [0.2, 0.25) is 0 Å². The van der Waals surface area contributed by atoms with Gasteiger partial charge in [-0.25, -0.2) is 0 Å². The predicted molar refractivity (Wildman–Crippen MR) is 68.2 cm³/mol. The summed E-state index contributed by atoms with van der Waals surface area (Å²) in [6.45, 7) is 9.38. The van der Waals surface area contributed by atoms with Crippen LogP contribution in [0.5, 0.6) is 0 Å². The van der Waals surface area contributed by atoms with Gasteiger partial charge in [0.2, 0.25) is 0 Å². The maximum atomic E-state index is 10.3. The lowest BCUT2D eigenvalue weighted by molar-refractivity contribution is 0.0994. The van der Waals surface area contributed by atoms with Crippen molar-refractivity contribution in [1.82, 2.24) is 0 Å². The zero-order valence-corrected chi connectivity index (χ0v) is 11.2. The molecule has 0 aromatic heterocycles. The first-order valence-corrected chi connectivity index (χ1v) is 6.77. The van der Waals surface area contributed by atoms with Crippen molar-refractivity contribution in [1.29, 1.82) is 0 Å². The van der Waals surface area contributed by atoms with Gasteiger partial charge in [-0.05, 0) is 48.0 Å². The maximum absolute atomic E-state index is 10.3. The number of rotatable bonds is 1. The minimum absolute atomic E-state index is 0.182. The van der Waals surface area contributed by atoms with E-state index in [2.05, 4.69) is 33.8 Å². The first-order valence-electron chi connectivity index (χ1n) is 6.77. The Bertz CT molecular complexity index is 303. The van der Waals surface area contributed by atoms with E-state index in [4.69, 9.17) is 0 Å². The highest BCUT2D eigenvalue weighted by atomic mass is 16.3. The summed E-state index contributed by atoms with van der Waals surface area (Å²) in [5, 5.41) is 10.3. The van der Waals surface area contributed by atoms with E-state index in [9.17, 15) is 5.11 Å². The lowest BCUT2D eigenvalue weighted by atomic mass is 9.61. The third kappa shape index (κ3) is 1.73. The van der Waals surface area contributed by atoms with Gasteiger partial charge < -0.3 is 5.11 Å². The van der Waals surface area contributed by atoms with E-state index in [1.807, 2.05) is 0 Å². The lowest BCUT2D eigenvalue weighted by Crippen LogP contribution is -2.38. The fourth-order valence-electron chi connectivity index (χ4n) is 3.66. The second kappa shape index (κ2) is 3.87. The second-order valence-electron chi connectivity index (χ2n) is 6.76. The van der Waals surface area contributed by atoms with E-state index in [1.54, 1.807) is 0 Å². The zero-order valence-electron chi connectivity index (χ0n) is 11.2. The van der Waals surface area contributed by atoms with Crippen molar-refractivity contribution in [3.8, 4) is 0 Å². The summed E-state index contributed by atoms with van der Waals surface area (Å²) in [7, 11) is 0. The molecule has 2 unspecified atom stereocenters. The molecule has 1 heteroatoms. The van der Waals surface area contributed by atoms with Crippen LogP contribution in [0.4, 0.5) is 0 Å². The molecule has 0 heterocycles. The number of aliphatic hydroxyl groups is 1. The van der Waals surface area contributed by atoms with Crippen molar-refractivity contribution in [2.24, 2.45) is 16.7 Å². The van der Waals surface area contributed by atoms with E-state index in [0.29, 0.717) is 11.3 Å². The molecule has 0 radical (unpaired) electrons. The molecule has 1 saturated carbocycles. The van der Waals surface area contributed by atoms with Gasteiger partial charge in [-0.2, -0.15) is 0 Å². The average molecular weight is 222 g/mol. The largest absolute Gasteiger partial charge is 0.389 e. The first kappa shape index (κ1) is 12.2. The summed E-state index contributed by atoms with van der Waals surface area (Å²) in [6, 6.07) is 0. The topological polar surface area (TPSA) is 20.2 Å². The summed E-state index contributed by atoms with van der Waals surface area (Å²) >= 11 is 0. The fraction of sp³-hybridized carbons (Fsp3) is 0.867. The molecule has 0 bridgehead atoms. The van der Waals surface area contributed by atoms with Gasteiger partial charge in [0.15, 0.2) is 0 Å². The first-order chi connectivity index (χ1) is 7.37. The Kier molecular flexibility index (Phi) is 2.94. The second-order valence-corrected chi connectivity index (χ2v) is 6.76. The normalized spacial score (nSPS) is 43.2. The van der Waals surface area contributed by atoms with Crippen molar-refractivity contribution in [3.05, 3.63) is 11.6 Å². The van der Waals surface area contributed by atoms with Gasteiger partial charge in [-0.1, -0.05) is 40.2 Å². The Morgan fingerprint density at radius 2 is 1.88 bits per heavy atom. The number of hydrogen-bond donors (Lipinski definition) is 1. The fourth-order valence-corrected chi connectivity index (χ4v) is 3.66. The van der Waals surface area contributed by atoms with Crippen LogP contribution in [0.25, 0.3) is 0 Å². The molecule has 1 nitrogen and oxygen atoms in total. The Balaban J connectivity index is 2.35. The van der Waals surface area contributed by atoms with Crippen molar-refractivity contribution >= 4 is 0 Å². The summed E-state index contributed by atoms with van der Waals surface area (Å²) < 4.78 is 0. The van der Waals surface area contributed by atoms with Gasteiger partial charge in [0.05, 0.1) is 6.10 Å². The molecule has 0 aliphatic heterocycles. The van der Waals surface area contributed by atoms with Gasteiger partial charge in [-0.3, -0.25) is 0 Å². The number of aliphatic hydroxyl groups excluding tert-OH is 1. The maximum Gasteiger partial charge on any atom is 0.0755 e. The summed E-state index contributed by atoms with van der Waals surface area (Å²) in [6.07, 6.45) is 8.12. The summed E-state index contributed by atoms with van der Waals surface area (Å²) in [5.41, 5.74) is 1.91. The van der Waals surface area contributed by atoms with Crippen LogP contribution in [0.15, 0.2) is 11.6 Å². The van der Waals surface area contributed by atoms with Crippen LogP contribution < -0.4 is 0 Å². The van der Waals surface area contributed by atoms with Crippen LogP contribution in [0.1, 0.15) is 59.8 Å². The van der Waals surface area contributed by atoms with Crippen LogP contribution >= 0.6 is 0 Å².